The molecule has 0 fully saturated rings. The van der Waals surface area contributed by atoms with E-state index in [0.717, 1.165) is 12.0 Å². The van der Waals surface area contributed by atoms with Gasteiger partial charge >= 0.3 is 5.97 Å². The fraction of sp³-hybridized carbons (Fsp3) is 0.136. The van der Waals surface area contributed by atoms with Gasteiger partial charge in [0, 0.05) is 17.4 Å². The van der Waals surface area contributed by atoms with E-state index in [0.29, 0.717) is 28.3 Å². The second-order valence-electron chi connectivity index (χ2n) is 6.46. The first-order valence-electron chi connectivity index (χ1n) is 9.12. The van der Waals surface area contributed by atoms with Gasteiger partial charge in [-0.15, -0.1) is 0 Å². The number of anilines is 1. The van der Waals surface area contributed by atoms with Crippen LogP contribution >= 0.6 is 0 Å². The molecule has 29 heavy (non-hydrogen) atoms. The maximum atomic E-state index is 12.0. The van der Waals surface area contributed by atoms with Crippen molar-refractivity contribution in [3.8, 4) is 11.5 Å². The van der Waals surface area contributed by atoms with Gasteiger partial charge in [-0.1, -0.05) is 13.0 Å². The van der Waals surface area contributed by atoms with Crippen molar-refractivity contribution in [2.75, 3.05) is 5.32 Å². The lowest BCUT2D eigenvalue weighted by atomic mass is 10.0. The van der Waals surface area contributed by atoms with E-state index in [1.54, 1.807) is 54.9 Å². The summed E-state index contributed by atoms with van der Waals surface area (Å²) in [5.41, 5.74) is 8.18. The Kier molecular flexibility index (Phi) is 6.09. The predicted molar refractivity (Wildman–Crippen MR) is 112 cm³/mol. The van der Waals surface area contributed by atoms with Gasteiger partial charge in [0.15, 0.2) is 6.04 Å². The number of carboxylic acids is 1. The summed E-state index contributed by atoms with van der Waals surface area (Å²) in [5.74, 6) is 0.0686. The van der Waals surface area contributed by atoms with Gasteiger partial charge in [-0.05, 0) is 66.1 Å². The number of aryl methyl sites for hydroxylation is 1. The van der Waals surface area contributed by atoms with Crippen LogP contribution in [0.5, 0.6) is 11.5 Å². The van der Waals surface area contributed by atoms with Crippen molar-refractivity contribution in [1.29, 1.82) is 5.41 Å². The minimum absolute atomic E-state index is 0.0424. The molecule has 1 atom stereocenters. The molecule has 148 valence electrons. The van der Waals surface area contributed by atoms with Crippen molar-refractivity contribution < 1.29 is 14.6 Å². The number of amidine groups is 1. The standard InChI is InChI=1S/C22H22N4O3/c1-2-14-10-16(12-19(11-14)29-18-4-3-9-25-13-18)20(22(27)28)26-17-7-5-15(6-8-17)21(23)24/h3-13,20,26H,2H2,1H3,(H3,23,24)(H,27,28). The van der Waals surface area contributed by atoms with E-state index in [-0.39, 0.29) is 5.84 Å². The summed E-state index contributed by atoms with van der Waals surface area (Å²) in [7, 11) is 0. The number of hydrogen-bond acceptors (Lipinski definition) is 5. The number of aliphatic carboxylic acids is 1. The number of carbonyl (C=O) groups is 1. The fourth-order valence-electron chi connectivity index (χ4n) is 2.86. The largest absolute Gasteiger partial charge is 0.479 e. The first-order chi connectivity index (χ1) is 14.0. The highest BCUT2D eigenvalue weighted by Gasteiger charge is 2.21. The highest BCUT2D eigenvalue weighted by molar-refractivity contribution is 5.95. The molecule has 3 aromatic rings. The quantitative estimate of drug-likeness (QED) is 0.341. The van der Waals surface area contributed by atoms with Gasteiger partial charge in [0.1, 0.15) is 17.3 Å². The zero-order valence-electron chi connectivity index (χ0n) is 15.9. The van der Waals surface area contributed by atoms with Crippen LogP contribution in [0.4, 0.5) is 5.69 Å². The van der Waals surface area contributed by atoms with Crippen molar-refractivity contribution >= 4 is 17.5 Å². The number of nitrogens with two attached hydrogens (primary N) is 1. The van der Waals surface area contributed by atoms with E-state index in [4.69, 9.17) is 15.9 Å². The summed E-state index contributed by atoms with van der Waals surface area (Å²) in [6, 6.07) is 14.8. The molecular formula is C22H22N4O3. The van der Waals surface area contributed by atoms with Crippen LogP contribution in [-0.4, -0.2) is 21.9 Å². The van der Waals surface area contributed by atoms with Gasteiger partial charge in [-0.25, -0.2) is 4.79 Å². The smallest absolute Gasteiger partial charge is 0.330 e. The maximum absolute atomic E-state index is 12.0. The summed E-state index contributed by atoms with van der Waals surface area (Å²) in [6.45, 7) is 2.00. The lowest BCUT2D eigenvalue weighted by Gasteiger charge is -2.18. The number of benzene rings is 2. The molecule has 0 saturated carbocycles. The molecule has 0 bridgehead atoms. The van der Waals surface area contributed by atoms with E-state index in [1.807, 2.05) is 19.1 Å². The van der Waals surface area contributed by atoms with Crippen LogP contribution in [0, 0.1) is 5.41 Å². The van der Waals surface area contributed by atoms with Crippen LogP contribution in [0.1, 0.15) is 29.7 Å². The highest BCUT2D eigenvalue weighted by atomic mass is 16.5. The molecule has 7 nitrogen and oxygen atoms in total. The molecule has 0 amide bonds. The molecule has 0 aliphatic rings. The summed E-state index contributed by atoms with van der Waals surface area (Å²) in [5, 5.41) is 20.3. The van der Waals surface area contributed by atoms with Crippen molar-refractivity contribution in [2.45, 2.75) is 19.4 Å². The predicted octanol–water partition coefficient (Wildman–Crippen LogP) is 3.96. The number of ether oxygens (including phenoxy) is 1. The SMILES string of the molecule is CCc1cc(Oc2cccnc2)cc(C(Nc2ccc(C(=N)N)cc2)C(=O)O)c1. The summed E-state index contributed by atoms with van der Waals surface area (Å²) >= 11 is 0. The van der Waals surface area contributed by atoms with E-state index < -0.39 is 12.0 Å². The number of pyridine rings is 1. The summed E-state index contributed by atoms with van der Waals surface area (Å²) in [6.07, 6.45) is 3.99. The average Bonchev–Trinajstić information content (AvgIpc) is 2.72. The van der Waals surface area contributed by atoms with E-state index in [9.17, 15) is 9.90 Å². The number of hydrogen-bond donors (Lipinski definition) is 4. The average molecular weight is 390 g/mol. The molecule has 0 saturated heterocycles. The van der Waals surface area contributed by atoms with Gasteiger partial charge in [0.25, 0.3) is 0 Å². The van der Waals surface area contributed by atoms with Crippen molar-refractivity contribution in [3.05, 3.63) is 83.7 Å². The molecule has 0 aliphatic carbocycles. The number of carboxylic acid groups (broad SMARTS) is 1. The van der Waals surface area contributed by atoms with Crippen LogP contribution in [0.2, 0.25) is 0 Å². The van der Waals surface area contributed by atoms with Gasteiger partial charge in [-0.2, -0.15) is 0 Å². The number of nitrogens with one attached hydrogen (secondary N) is 2. The highest BCUT2D eigenvalue weighted by Crippen LogP contribution is 2.29. The topological polar surface area (TPSA) is 121 Å². The Hall–Kier alpha value is -3.87. The second kappa shape index (κ2) is 8.88. The van der Waals surface area contributed by atoms with Crippen LogP contribution in [-0.2, 0) is 11.2 Å². The van der Waals surface area contributed by atoms with E-state index in [1.165, 1.54) is 0 Å². The lowest BCUT2D eigenvalue weighted by molar-refractivity contribution is -0.138. The number of nitrogen functional groups attached to an aromatic ring is 1. The van der Waals surface area contributed by atoms with Crippen LogP contribution in [0.3, 0.4) is 0 Å². The summed E-state index contributed by atoms with van der Waals surface area (Å²) < 4.78 is 5.86. The van der Waals surface area contributed by atoms with Gasteiger partial charge in [0.2, 0.25) is 0 Å². The van der Waals surface area contributed by atoms with Gasteiger partial charge in [-0.3, -0.25) is 10.4 Å². The molecule has 1 aromatic heterocycles. The third-order valence-electron chi connectivity index (χ3n) is 4.35. The Morgan fingerprint density at radius 1 is 1.21 bits per heavy atom. The van der Waals surface area contributed by atoms with Crippen LogP contribution < -0.4 is 15.8 Å². The monoisotopic (exact) mass is 390 g/mol. The molecule has 1 heterocycles. The minimum Gasteiger partial charge on any atom is -0.479 e. The molecule has 1 unspecified atom stereocenters. The zero-order valence-corrected chi connectivity index (χ0v) is 15.9. The molecule has 0 radical (unpaired) electrons. The molecule has 2 aromatic carbocycles. The third-order valence-corrected chi connectivity index (χ3v) is 4.35. The van der Waals surface area contributed by atoms with Crippen molar-refractivity contribution in [1.82, 2.24) is 4.98 Å². The molecule has 7 heteroatoms. The van der Waals surface area contributed by atoms with E-state index >= 15 is 0 Å². The first kappa shape index (κ1) is 19.9. The van der Waals surface area contributed by atoms with E-state index in [2.05, 4.69) is 10.3 Å². The van der Waals surface area contributed by atoms with Gasteiger partial charge in [0.05, 0.1) is 6.20 Å². The summed E-state index contributed by atoms with van der Waals surface area (Å²) in [4.78, 5) is 16.0. The normalized spacial score (nSPS) is 11.5. The molecule has 0 spiro atoms. The molecule has 3 rings (SSSR count). The number of aromatic nitrogens is 1. The Balaban J connectivity index is 1.90. The fourth-order valence-corrected chi connectivity index (χ4v) is 2.86. The Labute approximate surface area is 168 Å². The minimum atomic E-state index is -1.01. The first-order valence-corrected chi connectivity index (χ1v) is 9.12. The number of rotatable bonds is 8. The van der Waals surface area contributed by atoms with Crippen LogP contribution in [0.15, 0.2) is 67.0 Å². The Morgan fingerprint density at radius 3 is 2.55 bits per heavy atom. The van der Waals surface area contributed by atoms with Crippen LogP contribution in [0.25, 0.3) is 0 Å². The maximum Gasteiger partial charge on any atom is 0.330 e. The number of nitrogens with zero attached hydrogens (tertiary/aromatic N) is 1. The zero-order chi connectivity index (χ0) is 20.8. The van der Waals surface area contributed by atoms with Crippen molar-refractivity contribution in [3.63, 3.8) is 0 Å². The van der Waals surface area contributed by atoms with Gasteiger partial charge < -0.3 is 20.9 Å². The Morgan fingerprint density at radius 2 is 1.97 bits per heavy atom. The molecular weight excluding hydrogens is 368 g/mol. The molecule has 0 aliphatic heterocycles. The van der Waals surface area contributed by atoms with Crippen molar-refractivity contribution in [2.24, 2.45) is 5.73 Å². The third kappa shape index (κ3) is 5.10. The lowest BCUT2D eigenvalue weighted by Crippen LogP contribution is -2.21. The molecule has 5 N–H and O–H groups in total. The second-order valence-corrected chi connectivity index (χ2v) is 6.46. The Bertz CT molecular complexity index is 1000.